The molecule has 0 fully saturated rings. The van der Waals surface area contributed by atoms with Gasteiger partial charge in [-0.1, -0.05) is 18.7 Å². The third kappa shape index (κ3) is 4.18. The number of hydrogen-bond donors (Lipinski definition) is 1. The van der Waals surface area contributed by atoms with Crippen molar-refractivity contribution in [1.29, 1.82) is 0 Å². The Balaban J connectivity index is 2.94. The summed E-state index contributed by atoms with van der Waals surface area (Å²) in [4.78, 5) is 22.1. The molecule has 1 aromatic rings. The van der Waals surface area contributed by atoms with Crippen molar-refractivity contribution in [2.45, 2.75) is 18.1 Å². The molecule has 0 aliphatic rings. The van der Waals surface area contributed by atoms with E-state index in [2.05, 4.69) is 11.3 Å². The van der Waals surface area contributed by atoms with Gasteiger partial charge in [-0.15, -0.1) is 0 Å². The van der Waals surface area contributed by atoms with E-state index in [9.17, 15) is 18.0 Å². The van der Waals surface area contributed by atoms with Crippen LogP contribution in [-0.2, 0) is 24.4 Å². The highest BCUT2D eigenvalue weighted by Gasteiger charge is 2.23. The lowest BCUT2D eigenvalue weighted by molar-refractivity contribution is -0.159. The Kier molecular flexibility index (Phi) is 5.00. The molecule has 0 saturated carbocycles. The van der Waals surface area contributed by atoms with Crippen LogP contribution >= 0.6 is 0 Å². The predicted molar refractivity (Wildman–Crippen MR) is 67.4 cm³/mol. The van der Waals surface area contributed by atoms with Crippen LogP contribution in [0.3, 0.4) is 0 Å². The second-order valence-electron chi connectivity index (χ2n) is 3.59. The molecule has 1 unspecified atom stereocenters. The minimum atomic E-state index is -4.57. The van der Waals surface area contributed by atoms with Gasteiger partial charge in [0.1, 0.15) is 4.90 Å². The molecule has 0 bridgehead atoms. The Labute approximate surface area is 115 Å². The summed E-state index contributed by atoms with van der Waals surface area (Å²) >= 11 is 0. The maximum absolute atomic E-state index is 11.8. The first-order chi connectivity index (χ1) is 9.25. The second-order valence-corrected chi connectivity index (χ2v) is 4.98. The van der Waals surface area contributed by atoms with Gasteiger partial charge >= 0.3 is 11.9 Å². The van der Waals surface area contributed by atoms with Crippen molar-refractivity contribution in [3.05, 3.63) is 42.5 Å². The molecule has 1 rings (SSSR count). The average Bonchev–Trinajstić information content (AvgIpc) is 2.37. The van der Waals surface area contributed by atoms with Crippen LogP contribution in [0.15, 0.2) is 41.8 Å². The van der Waals surface area contributed by atoms with Crippen LogP contribution in [0.1, 0.15) is 17.3 Å². The topological polar surface area (TPSA) is 107 Å². The normalized spacial score (nSPS) is 12.3. The van der Waals surface area contributed by atoms with Gasteiger partial charge in [-0.05, 0) is 12.1 Å². The van der Waals surface area contributed by atoms with Crippen LogP contribution in [0.25, 0.3) is 0 Å². The summed E-state index contributed by atoms with van der Waals surface area (Å²) in [7, 11) is -4.57. The van der Waals surface area contributed by atoms with Crippen molar-refractivity contribution in [2.75, 3.05) is 0 Å². The molecule has 0 heterocycles. The van der Waals surface area contributed by atoms with Crippen molar-refractivity contribution in [1.82, 2.24) is 0 Å². The van der Waals surface area contributed by atoms with E-state index in [0.29, 0.717) is 0 Å². The Morgan fingerprint density at radius 1 is 1.30 bits per heavy atom. The predicted octanol–water partition coefficient (Wildman–Crippen LogP) is 1.17. The molecule has 0 aromatic heterocycles. The molecule has 0 aliphatic heterocycles. The van der Waals surface area contributed by atoms with Gasteiger partial charge in [0.2, 0.25) is 6.29 Å². The number of carbonyl (C=O) groups is 2. The Hall–Kier alpha value is -2.19. The van der Waals surface area contributed by atoms with Crippen molar-refractivity contribution < 1.29 is 32.0 Å². The molecule has 7 nitrogen and oxygen atoms in total. The zero-order valence-corrected chi connectivity index (χ0v) is 11.3. The van der Waals surface area contributed by atoms with Crippen molar-refractivity contribution in [3.63, 3.8) is 0 Å². The number of hydrogen-bond acceptors (Lipinski definition) is 6. The third-order valence-electron chi connectivity index (χ3n) is 2.11. The molecule has 0 aliphatic carbocycles. The van der Waals surface area contributed by atoms with Gasteiger partial charge in [-0.25, -0.2) is 9.59 Å². The maximum atomic E-state index is 11.8. The molecule has 1 atom stereocenters. The van der Waals surface area contributed by atoms with Crippen molar-refractivity contribution in [3.8, 4) is 0 Å². The van der Waals surface area contributed by atoms with Gasteiger partial charge in [0.25, 0.3) is 10.1 Å². The number of carbonyl (C=O) groups excluding carboxylic acids is 2. The highest BCUT2D eigenvalue weighted by Crippen LogP contribution is 2.16. The van der Waals surface area contributed by atoms with E-state index in [-0.39, 0.29) is 5.56 Å². The number of esters is 2. The monoisotopic (exact) mass is 300 g/mol. The maximum Gasteiger partial charge on any atom is 0.342 e. The molecule has 0 saturated heterocycles. The Morgan fingerprint density at radius 2 is 1.90 bits per heavy atom. The first-order valence-electron chi connectivity index (χ1n) is 5.36. The largest absolute Gasteiger partial charge is 0.422 e. The highest BCUT2D eigenvalue weighted by atomic mass is 32.2. The average molecular weight is 300 g/mol. The zero-order valence-electron chi connectivity index (χ0n) is 10.5. The van der Waals surface area contributed by atoms with Gasteiger partial charge in [-0.2, -0.15) is 8.42 Å². The van der Waals surface area contributed by atoms with E-state index >= 15 is 0 Å². The molecule has 108 valence electrons. The van der Waals surface area contributed by atoms with E-state index in [1.165, 1.54) is 19.1 Å². The fraction of sp³-hybridized carbons (Fsp3) is 0.167. The van der Waals surface area contributed by atoms with Crippen LogP contribution in [0, 0.1) is 0 Å². The summed E-state index contributed by atoms with van der Waals surface area (Å²) in [5, 5.41) is 0. The standard InChI is InChI=1S/C12H12O7S/c1-3-11(13)18-8(2)19-12(14)9-6-4-5-7-10(9)20(15,16)17/h3-8H,1H2,2H3,(H,15,16,17). The summed E-state index contributed by atoms with van der Waals surface area (Å²) in [6, 6.07) is 4.94. The second kappa shape index (κ2) is 6.31. The molecule has 0 amide bonds. The van der Waals surface area contributed by atoms with Gasteiger partial charge < -0.3 is 9.47 Å². The van der Waals surface area contributed by atoms with E-state index in [0.717, 1.165) is 18.2 Å². The van der Waals surface area contributed by atoms with E-state index in [1.807, 2.05) is 0 Å². The summed E-state index contributed by atoms with van der Waals surface area (Å²) in [6.07, 6.45) is -0.348. The number of ether oxygens (including phenoxy) is 2. The molecular formula is C12H12O7S. The summed E-state index contributed by atoms with van der Waals surface area (Å²) in [5.74, 6) is -1.85. The Bertz CT molecular complexity index is 633. The quantitative estimate of drug-likeness (QED) is 0.376. The van der Waals surface area contributed by atoms with Crippen molar-refractivity contribution in [2.24, 2.45) is 0 Å². The molecule has 0 spiro atoms. The van der Waals surface area contributed by atoms with Crippen LogP contribution < -0.4 is 0 Å². The van der Waals surface area contributed by atoms with Crippen molar-refractivity contribution >= 4 is 22.1 Å². The fourth-order valence-corrected chi connectivity index (χ4v) is 1.99. The molecule has 1 aromatic carbocycles. The van der Waals surface area contributed by atoms with Crippen LogP contribution in [0.4, 0.5) is 0 Å². The van der Waals surface area contributed by atoms with Gasteiger partial charge in [-0.3, -0.25) is 4.55 Å². The van der Waals surface area contributed by atoms with Gasteiger partial charge in [0.05, 0.1) is 5.56 Å². The van der Waals surface area contributed by atoms with Crippen LogP contribution in [-0.4, -0.2) is 31.2 Å². The highest BCUT2D eigenvalue weighted by molar-refractivity contribution is 7.86. The third-order valence-corrected chi connectivity index (χ3v) is 3.02. The number of rotatable bonds is 5. The molecule has 20 heavy (non-hydrogen) atoms. The lowest BCUT2D eigenvalue weighted by atomic mass is 10.2. The molecule has 8 heteroatoms. The SMILES string of the molecule is C=CC(=O)OC(C)OC(=O)c1ccccc1S(=O)(=O)O. The van der Waals surface area contributed by atoms with Gasteiger partial charge in [0.15, 0.2) is 0 Å². The van der Waals surface area contributed by atoms with Crippen LogP contribution in [0.2, 0.25) is 0 Å². The summed E-state index contributed by atoms with van der Waals surface area (Å²) in [6.45, 7) is 4.44. The molecular weight excluding hydrogens is 288 g/mol. The number of benzene rings is 1. The van der Waals surface area contributed by atoms with Gasteiger partial charge in [0, 0.05) is 13.0 Å². The Morgan fingerprint density at radius 3 is 2.45 bits per heavy atom. The van der Waals surface area contributed by atoms with E-state index < -0.39 is 33.2 Å². The zero-order chi connectivity index (χ0) is 15.3. The minimum absolute atomic E-state index is 0.364. The van der Waals surface area contributed by atoms with Crippen LogP contribution in [0.5, 0.6) is 0 Å². The minimum Gasteiger partial charge on any atom is -0.422 e. The molecule has 0 radical (unpaired) electrons. The first kappa shape index (κ1) is 15.9. The lowest BCUT2D eigenvalue weighted by Gasteiger charge is -2.13. The summed E-state index contributed by atoms with van der Waals surface area (Å²) < 4.78 is 40.6. The first-order valence-corrected chi connectivity index (χ1v) is 6.80. The summed E-state index contributed by atoms with van der Waals surface area (Å²) in [5.41, 5.74) is -0.364. The smallest absolute Gasteiger partial charge is 0.342 e. The van der Waals surface area contributed by atoms with E-state index in [1.54, 1.807) is 0 Å². The van der Waals surface area contributed by atoms with E-state index in [4.69, 9.17) is 9.29 Å². The fourth-order valence-electron chi connectivity index (χ4n) is 1.31. The lowest BCUT2D eigenvalue weighted by Crippen LogP contribution is -2.22. The molecule has 1 N–H and O–H groups in total.